The lowest BCUT2D eigenvalue weighted by atomic mass is 10.1. The molecule has 0 amide bonds. The fourth-order valence-electron chi connectivity index (χ4n) is 2.89. The molecular formula is C20H23F3O7S. The van der Waals surface area contributed by atoms with Gasteiger partial charge in [0.2, 0.25) is 0 Å². The SMILES string of the molecule is CC(C)(C#CC1CCCC1)Oc1cc(C(=O)OCCS(=O)(=O)O)ccc1OC(F)(F)F. The molecule has 172 valence electrons. The van der Waals surface area contributed by atoms with E-state index < -0.39 is 46.2 Å². The maximum atomic E-state index is 12.8. The average Bonchev–Trinajstić information content (AvgIpc) is 3.12. The van der Waals surface area contributed by atoms with Gasteiger partial charge >= 0.3 is 12.3 Å². The maximum absolute atomic E-state index is 12.8. The van der Waals surface area contributed by atoms with Crippen molar-refractivity contribution in [3.63, 3.8) is 0 Å². The minimum absolute atomic E-state index is 0.195. The molecule has 1 aliphatic rings. The molecule has 7 nitrogen and oxygen atoms in total. The van der Waals surface area contributed by atoms with Gasteiger partial charge in [0.1, 0.15) is 12.4 Å². The van der Waals surface area contributed by atoms with Crippen LogP contribution in [0.5, 0.6) is 11.5 Å². The Balaban J connectivity index is 2.23. The number of halogens is 3. The lowest BCUT2D eigenvalue weighted by molar-refractivity contribution is -0.275. The van der Waals surface area contributed by atoms with E-state index in [1.165, 1.54) is 0 Å². The second-order valence-electron chi connectivity index (χ2n) is 7.49. The van der Waals surface area contributed by atoms with Crippen molar-refractivity contribution in [1.29, 1.82) is 0 Å². The zero-order valence-electron chi connectivity index (χ0n) is 17.0. The van der Waals surface area contributed by atoms with Gasteiger partial charge in [-0.05, 0) is 44.9 Å². The Morgan fingerprint density at radius 2 is 1.81 bits per heavy atom. The highest BCUT2D eigenvalue weighted by atomic mass is 32.2. The summed E-state index contributed by atoms with van der Waals surface area (Å²) in [5, 5.41) is 0. The van der Waals surface area contributed by atoms with Crippen LogP contribution < -0.4 is 9.47 Å². The molecule has 31 heavy (non-hydrogen) atoms. The van der Waals surface area contributed by atoms with Crippen LogP contribution in [0.25, 0.3) is 0 Å². The Kier molecular flexibility index (Phi) is 7.83. The molecule has 0 heterocycles. The number of ether oxygens (including phenoxy) is 3. The van der Waals surface area contributed by atoms with Crippen molar-refractivity contribution in [2.45, 2.75) is 51.5 Å². The first-order valence-electron chi connectivity index (χ1n) is 9.48. The molecule has 0 unspecified atom stereocenters. The van der Waals surface area contributed by atoms with Crippen molar-refractivity contribution < 1.29 is 45.1 Å². The molecule has 1 N–H and O–H groups in total. The largest absolute Gasteiger partial charge is 0.573 e. The Morgan fingerprint density at radius 1 is 1.16 bits per heavy atom. The molecule has 11 heteroatoms. The molecule has 1 aromatic carbocycles. The standard InChI is InChI=1S/C20H23F3O7S/c1-19(2,10-9-14-5-3-4-6-14)29-17-13-15(7-8-16(17)30-20(21,22)23)18(24)28-11-12-31(25,26)27/h7-8,13-14H,3-6,11-12H2,1-2H3,(H,25,26,27). The normalized spacial score (nSPS) is 15.2. The van der Waals surface area contributed by atoms with Gasteiger partial charge in [-0.25, -0.2) is 4.79 Å². The molecule has 0 aliphatic heterocycles. The molecule has 1 fully saturated rings. The van der Waals surface area contributed by atoms with Gasteiger partial charge in [0.05, 0.1) is 5.56 Å². The zero-order valence-corrected chi connectivity index (χ0v) is 17.8. The van der Waals surface area contributed by atoms with Crippen LogP contribution in [0, 0.1) is 17.8 Å². The smallest absolute Gasteiger partial charge is 0.471 e. The van der Waals surface area contributed by atoms with Crippen LogP contribution in [0.3, 0.4) is 0 Å². The van der Waals surface area contributed by atoms with E-state index in [0.29, 0.717) is 0 Å². The Labute approximate surface area is 178 Å². The second kappa shape index (κ2) is 9.78. The monoisotopic (exact) mass is 464 g/mol. The van der Waals surface area contributed by atoms with Crippen molar-refractivity contribution in [3.05, 3.63) is 23.8 Å². The van der Waals surface area contributed by atoms with E-state index in [1.807, 2.05) is 0 Å². The maximum Gasteiger partial charge on any atom is 0.573 e. The summed E-state index contributed by atoms with van der Waals surface area (Å²) in [7, 11) is -4.34. The van der Waals surface area contributed by atoms with Crippen LogP contribution in [0.2, 0.25) is 0 Å². The highest BCUT2D eigenvalue weighted by molar-refractivity contribution is 7.85. The number of carbonyl (C=O) groups excluding carboxylic acids is 1. The summed E-state index contributed by atoms with van der Waals surface area (Å²) in [6.45, 7) is 2.51. The number of esters is 1. The molecule has 1 aromatic rings. The summed E-state index contributed by atoms with van der Waals surface area (Å²) in [6, 6.07) is 2.90. The first-order chi connectivity index (χ1) is 14.2. The topological polar surface area (TPSA) is 99.1 Å². The van der Waals surface area contributed by atoms with Crippen LogP contribution in [0.4, 0.5) is 13.2 Å². The predicted octanol–water partition coefficient (Wildman–Crippen LogP) is 3.98. The van der Waals surface area contributed by atoms with E-state index in [1.54, 1.807) is 13.8 Å². The number of benzene rings is 1. The summed E-state index contributed by atoms with van der Waals surface area (Å²) in [5.74, 6) is 3.32. The van der Waals surface area contributed by atoms with Crippen molar-refractivity contribution >= 4 is 16.1 Å². The number of hydrogen-bond acceptors (Lipinski definition) is 6. The third-order valence-electron chi connectivity index (χ3n) is 4.28. The first kappa shape index (κ1) is 24.8. The van der Waals surface area contributed by atoms with E-state index in [2.05, 4.69) is 16.6 Å². The average molecular weight is 464 g/mol. The summed E-state index contributed by atoms with van der Waals surface area (Å²) in [6.07, 6.45) is -0.931. The third kappa shape index (κ3) is 9.06. The summed E-state index contributed by atoms with van der Waals surface area (Å²) >= 11 is 0. The molecule has 1 aliphatic carbocycles. The third-order valence-corrected chi connectivity index (χ3v) is 4.96. The minimum Gasteiger partial charge on any atom is -0.471 e. The van der Waals surface area contributed by atoms with E-state index in [-0.39, 0.29) is 17.2 Å². The number of rotatable bonds is 7. The Morgan fingerprint density at radius 3 is 2.39 bits per heavy atom. The van der Waals surface area contributed by atoms with Crippen molar-refractivity contribution in [2.75, 3.05) is 12.4 Å². The van der Waals surface area contributed by atoms with Crippen molar-refractivity contribution in [2.24, 2.45) is 5.92 Å². The Bertz CT molecular complexity index is 953. The fraction of sp³-hybridized carbons (Fsp3) is 0.550. The lowest BCUT2D eigenvalue weighted by Crippen LogP contribution is -2.27. The molecular weight excluding hydrogens is 441 g/mol. The summed E-state index contributed by atoms with van der Waals surface area (Å²) < 4.78 is 82.7. The molecule has 0 aromatic heterocycles. The fourth-order valence-corrected chi connectivity index (χ4v) is 3.19. The summed E-state index contributed by atoms with van der Waals surface area (Å²) in [5.41, 5.74) is -1.38. The van der Waals surface area contributed by atoms with Crippen LogP contribution in [-0.4, -0.2) is 43.3 Å². The van der Waals surface area contributed by atoms with Gasteiger partial charge < -0.3 is 14.2 Å². The number of carbonyl (C=O) groups is 1. The van der Waals surface area contributed by atoms with E-state index in [0.717, 1.165) is 43.9 Å². The number of alkyl halides is 3. The summed E-state index contributed by atoms with van der Waals surface area (Å²) in [4.78, 5) is 12.1. The van der Waals surface area contributed by atoms with Crippen LogP contribution >= 0.6 is 0 Å². The molecule has 0 radical (unpaired) electrons. The van der Waals surface area contributed by atoms with Gasteiger partial charge in [0.15, 0.2) is 17.1 Å². The molecule has 0 saturated heterocycles. The van der Waals surface area contributed by atoms with E-state index >= 15 is 0 Å². The van der Waals surface area contributed by atoms with Crippen molar-refractivity contribution in [1.82, 2.24) is 0 Å². The lowest BCUT2D eigenvalue weighted by Gasteiger charge is -2.23. The van der Waals surface area contributed by atoms with E-state index in [9.17, 15) is 26.4 Å². The van der Waals surface area contributed by atoms with Crippen LogP contribution in [-0.2, 0) is 14.9 Å². The highest BCUT2D eigenvalue weighted by Crippen LogP contribution is 2.35. The minimum atomic E-state index is -4.99. The van der Waals surface area contributed by atoms with Crippen LogP contribution in [0.1, 0.15) is 49.9 Å². The van der Waals surface area contributed by atoms with Gasteiger partial charge in [-0.1, -0.05) is 24.7 Å². The first-order valence-corrected chi connectivity index (χ1v) is 11.1. The van der Waals surface area contributed by atoms with Gasteiger partial charge in [-0.15, -0.1) is 13.2 Å². The van der Waals surface area contributed by atoms with Crippen LogP contribution in [0.15, 0.2) is 18.2 Å². The molecule has 1 saturated carbocycles. The molecule has 0 atom stereocenters. The molecule has 0 spiro atoms. The van der Waals surface area contributed by atoms with Gasteiger partial charge in [0, 0.05) is 5.92 Å². The second-order valence-corrected chi connectivity index (χ2v) is 9.07. The van der Waals surface area contributed by atoms with E-state index in [4.69, 9.17) is 14.0 Å². The van der Waals surface area contributed by atoms with Gasteiger partial charge in [-0.3, -0.25) is 4.55 Å². The predicted molar refractivity (Wildman–Crippen MR) is 104 cm³/mol. The zero-order chi connectivity index (χ0) is 23.3. The van der Waals surface area contributed by atoms with Crippen molar-refractivity contribution in [3.8, 4) is 23.3 Å². The van der Waals surface area contributed by atoms with Gasteiger partial charge in [-0.2, -0.15) is 8.42 Å². The van der Waals surface area contributed by atoms with Gasteiger partial charge in [0.25, 0.3) is 10.1 Å². The molecule has 2 rings (SSSR count). The Hall–Kier alpha value is -2.45. The number of hydrogen-bond donors (Lipinski definition) is 1. The molecule has 0 bridgehead atoms. The quantitative estimate of drug-likeness (QED) is 0.370. The highest BCUT2D eigenvalue weighted by Gasteiger charge is 2.33.